The first-order valence-corrected chi connectivity index (χ1v) is 10.0. The minimum Gasteiger partial charge on any atom is -0.449 e. The lowest BCUT2D eigenvalue weighted by molar-refractivity contribution is -0.147. The number of carbonyl (C=O) groups excluding carboxylic acids is 2. The van der Waals surface area contributed by atoms with E-state index >= 15 is 0 Å². The van der Waals surface area contributed by atoms with Crippen LogP contribution in [0.25, 0.3) is 0 Å². The van der Waals surface area contributed by atoms with Crippen molar-refractivity contribution in [1.29, 1.82) is 0 Å². The number of benzene rings is 2. The van der Waals surface area contributed by atoms with E-state index in [1.165, 1.54) is 0 Å². The molecule has 1 unspecified atom stereocenters. The molecule has 0 spiro atoms. The Labute approximate surface area is 176 Å². The molecule has 0 fully saturated rings. The largest absolute Gasteiger partial charge is 0.449 e. The number of hydrogen-bond acceptors (Lipinski definition) is 6. The molecule has 0 amide bonds. The monoisotopic (exact) mass is 406 g/mol. The van der Waals surface area contributed by atoms with Crippen LogP contribution in [0.3, 0.4) is 0 Å². The van der Waals surface area contributed by atoms with Crippen molar-refractivity contribution in [1.82, 2.24) is 10.1 Å². The predicted octanol–water partition coefficient (Wildman–Crippen LogP) is 4.86. The van der Waals surface area contributed by atoms with Gasteiger partial charge >= 0.3 is 5.97 Å². The highest BCUT2D eigenvalue weighted by atomic mass is 16.5. The molecule has 1 atom stereocenters. The van der Waals surface area contributed by atoms with E-state index in [-0.39, 0.29) is 17.6 Å². The van der Waals surface area contributed by atoms with Crippen LogP contribution in [0.5, 0.6) is 0 Å². The van der Waals surface area contributed by atoms with Gasteiger partial charge in [0.25, 0.3) is 0 Å². The second-order valence-corrected chi connectivity index (χ2v) is 8.13. The number of Topliss-reactive ketones (excluding diaryl/α,β-unsaturated/α-hetero) is 1. The summed E-state index contributed by atoms with van der Waals surface area (Å²) < 4.78 is 10.8. The number of nitrogens with zero attached hydrogens (tertiary/aromatic N) is 2. The zero-order chi connectivity index (χ0) is 21.6. The molecule has 2 aromatic carbocycles. The maximum Gasteiger partial charge on any atom is 0.306 e. The molecule has 0 bridgehead atoms. The van der Waals surface area contributed by atoms with Crippen LogP contribution in [0.1, 0.15) is 67.4 Å². The number of rotatable bonds is 8. The lowest BCUT2D eigenvalue weighted by Crippen LogP contribution is -2.20. The average Bonchev–Trinajstić information content (AvgIpc) is 3.22. The maximum atomic E-state index is 13.0. The average molecular weight is 406 g/mol. The molecule has 30 heavy (non-hydrogen) atoms. The number of ether oxygens (including phenoxy) is 1. The lowest BCUT2D eigenvalue weighted by Gasteiger charge is -2.17. The van der Waals surface area contributed by atoms with Crippen LogP contribution in [0.15, 0.2) is 65.2 Å². The minimum atomic E-state index is -0.975. The lowest BCUT2D eigenvalue weighted by atomic mass is 9.96. The Balaban J connectivity index is 1.62. The third-order valence-electron chi connectivity index (χ3n) is 4.56. The molecule has 0 aliphatic carbocycles. The third-order valence-corrected chi connectivity index (χ3v) is 4.56. The second-order valence-electron chi connectivity index (χ2n) is 8.13. The van der Waals surface area contributed by atoms with E-state index in [0.29, 0.717) is 35.7 Å². The Hall–Kier alpha value is -3.28. The zero-order valence-electron chi connectivity index (χ0n) is 17.5. The van der Waals surface area contributed by atoms with E-state index in [0.717, 1.165) is 0 Å². The van der Waals surface area contributed by atoms with Crippen molar-refractivity contribution in [2.24, 2.45) is 0 Å². The molecular formula is C24H26N2O4. The van der Waals surface area contributed by atoms with Crippen LogP contribution < -0.4 is 0 Å². The van der Waals surface area contributed by atoms with Gasteiger partial charge in [-0.2, -0.15) is 4.98 Å². The summed E-state index contributed by atoms with van der Waals surface area (Å²) in [5.74, 6) is 0.441. The SMILES string of the molecule is CC(C)(C)c1noc(CCCC(=O)OC(C(=O)c2ccccc2)c2ccccc2)n1. The van der Waals surface area contributed by atoms with Crippen LogP contribution in [0.2, 0.25) is 0 Å². The van der Waals surface area contributed by atoms with Crippen molar-refractivity contribution >= 4 is 11.8 Å². The Morgan fingerprint density at radius 2 is 1.63 bits per heavy atom. The van der Waals surface area contributed by atoms with E-state index in [4.69, 9.17) is 9.26 Å². The van der Waals surface area contributed by atoms with Crippen molar-refractivity contribution in [3.05, 3.63) is 83.5 Å². The van der Waals surface area contributed by atoms with Crippen molar-refractivity contribution in [2.75, 3.05) is 0 Å². The standard InChI is InChI=1S/C24H26N2O4/c1-24(2,3)23-25-19(30-26-23)15-10-16-20(27)29-22(18-13-8-5-9-14-18)21(28)17-11-6-4-7-12-17/h4-9,11-14,22H,10,15-16H2,1-3H3. The molecule has 6 nitrogen and oxygen atoms in total. The smallest absolute Gasteiger partial charge is 0.306 e. The molecule has 3 aromatic rings. The van der Waals surface area contributed by atoms with E-state index in [9.17, 15) is 9.59 Å². The summed E-state index contributed by atoms with van der Waals surface area (Å²) >= 11 is 0. The fourth-order valence-corrected chi connectivity index (χ4v) is 2.89. The molecule has 3 rings (SSSR count). The van der Waals surface area contributed by atoms with E-state index in [1.54, 1.807) is 36.4 Å². The van der Waals surface area contributed by atoms with Gasteiger partial charge in [-0.05, 0) is 6.42 Å². The number of ketones is 1. The molecule has 0 radical (unpaired) electrons. The van der Waals surface area contributed by atoms with Crippen LogP contribution in [-0.2, 0) is 21.4 Å². The molecule has 6 heteroatoms. The van der Waals surface area contributed by atoms with Gasteiger partial charge in [0.1, 0.15) is 0 Å². The Kier molecular flexibility index (Phi) is 6.77. The van der Waals surface area contributed by atoms with Gasteiger partial charge in [0.2, 0.25) is 11.7 Å². The van der Waals surface area contributed by atoms with Crippen LogP contribution >= 0.6 is 0 Å². The maximum absolute atomic E-state index is 13.0. The molecule has 156 valence electrons. The van der Waals surface area contributed by atoms with E-state index < -0.39 is 12.1 Å². The summed E-state index contributed by atoms with van der Waals surface area (Å²) in [5.41, 5.74) is 0.952. The highest BCUT2D eigenvalue weighted by Gasteiger charge is 2.26. The Bertz CT molecular complexity index is 975. The number of aryl methyl sites for hydroxylation is 1. The Morgan fingerprint density at radius 3 is 2.23 bits per heavy atom. The van der Waals surface area contributed by atoms with Gasteiger partial charge < -0.3 is 9.26 Å². The van der Waals surface area contributed by atoms with Crippen molar-refractivity contribution in [3.8, 4) is 0 Å². The van der Waals surface area contributed by atoms with Crippen molar-refractivity contribution < 1.29 is 18.8 Å². The summed E-state index contributed by atoms with van der Waals surface area (Å²) in [5, 5.41) is 3.98. The molecule has 0 aliphatic heterocycles. The third kappa shape index (κ3) is 5.63. The summed E-state index contributed by atoms with van der Waals surface area (Å²) in [6.45, 7) is 6.02. The van der Waals surface area contributed by atoms with Gasteiger partial charge in [-0.3, -0.25) is 9.59 Å². The Morgan fingerprint density at radius 1 is 1.00 bits per heavy atom. The van der Waals surface area contributed by atoms with Crippen molar-refractivity contribution in [3.63, 3.8) is 0 Å². The van der Waals surface area contributed by atoms with Crippen molar-refractivity contribution in [2.45, 2.75) is 51.6 Å². The molecule has 0 N–H and O–H groups in total. The number of hydrogen-bond donors (Lipinski definition) is 0. The summed E-state index contributed by atoms with van der Waals surface area (Å²) in [6, 6.07) is 17.9. The minimum absolute atomic E-state index is 0.151. The molecule has 0 saturated carbocycles. The van der Waals surface area contributed by atoms with Crippen LogP contribution in [-0.4, -0.2) is 21.9 Å². The summed E-state index contributed by atoms with van der Waals surface area (Å²) in [6.07, 6.45) is 0.141. The first kappa shape index (κ1) is 21.4. The summed E-state index contributed by atoms with van der Waals surface area (Å²) in [7, 11) is 0. The molecule has 0 aliphatic rings. The van der Waals surface area contributed by atoms with Crippen LogP contribution in [0.4, 0.5) is 0 Å². The van der Waals surface area contributed by atoms with E-state index in [1.807, 2.05) is 45.0 Å². The first-order chi connectivity index (χ1) is 14.3. The highest BCUT2D eigenvalue weighted by molar-refractivity contribution is 6.00. The fraction of sp³-hybridized carbons (Fsp3) is 0.333. The number of aromatic nitrogens is 2. The van der Waals surface area contributed by atoms with Gasteiger partial charge in [0.15, 0.2) is 11.9 Å². The van der Waals surface area contributed by atoms with Gasteiger partial charge in [0.05, 0.1) is 0 Å². The summed E-state index contributed by atoms with van der Waals surface area (Å²) in [4.78, 5) is 29.8. The quantitative estimate of drug-likeness (QED) is 0.393. The van der Waals surface area contributed by atoms with Gasteiger partial charge in [-0.15, -0.1) is 0 Å². The van der Waals surface area contributed by atoms with Gasteiger partial charge in [-0.25, -0.2) is 0 Å². The first-order valence-electron chi connectivity index (χ1n) is 10.0. The number of carbonyl (C=O) groups is 2. The molecule has 0 saturated heterocycles. The second kappa shape index (κ2) is 9.48. The van der Waals surface area contributed by atoms with Gasteiger partial charge in [0, 0.05) is 29.4 Å². The highest BCUT2D eigenvalue weighted by Crippen LogP contribution is 2.24. The fourth-order valence-electron chi connectivity index (χ4n) is 2.89. The zero-order valence-corrected chi connectivity index (χ0v) is 17.5. The normalized spacial score (nSPS) is 12.4. The topological polar surface area (TPSA) is 82.3 Å². The number of esters is 1. The molecule has 1 heterocycles. The van der Waals surface area contributed by atoms with E-state index in [2.05, 4.69) is 10.1 Å². The molecular weight excluding hydrogens is 380 g/mol. The van der Waals surface area contributed by atoms with Crippen LogP contribution in [0, 0.1) is 0 Å². The van der Waals surface area contributed by atoms with Gasteiger partial charge in [-0.1, -0.05) is 86.6 Å². The molecule has 1 aromatic heterocycles. The predicted molar refractivity (Wildman–Crippen MR) is 112 cm³/mol.